The Morgan fingerprint density at radius 1 is 1.00 bits per heavy atom. The Morgan fingerprint density at radius 3 is 2.33 bits per heavy atom. The SMILES string of the molecule is CCOc1ccc(NC(=S)/N=C(/Nc2nc(C)cc(C)n2)N2CCN(c3cccc(Cl)c3)CC2)cc1. The Kier molecular flexibility index (Phi) is 8.56. The number of halogens is 1. The van der Waals surface area contributed by atoms with E-state index in [2.05, 4.69) is 36.5 Å². The largest absolute Gasteiger partial charge is 0.494 e. The molecule has 0 bridgehead atoms. The zero-order valence-corrected chi connectivity index (χ0v) is 22.2. The second kappa shape index (κ2) is 12.0. The summed E-state index contributed by atoms with van der Waals surface area (Å²) in [7, 11) is 0. The minimum absolute atomic E-state index is 0.336. The predicted octanol–water partition coefficient (Wildman–Crippen LogP) is 5.13. The number of rotatable bonds is 5. The summed E-state index contributed by atoms with van der Waals surface area (Å²) in [5, 5.41) is 7.56. The average molecular weight is 524 g/mol. The highest BCUT2D eigenvalue weighted by Gasteiger charge is 2.22. The maximum atomic E-state index is 6.20. The van der Waals surface area contributed by atoms with Gasteiger partial charge in [0, 0.05) is 54.0 Å². The molecule has 0 spiro atoms. The van der Waals surface area contributed by atoms with E-state index in [1.54, 1.807) is 0 Å². The van der Waals surface area contributed by atoms with E-state index in [-0.39, 0.29) is 0 Å². The Hall–Kier alpha value is -3.43. The van der Waals surface area contributed by atoms with Gasteiger partial charge in [0.2, 0.25) is 17.0 Å². The molecule has 1 aliphatic rings. The lowest BCUT2D eigenvalue weighted by Crippen LogP contribution is -2.51. The van der Waals surface area contributed by atoms with E-state index in [4.69, 9.17) is 33.5 Å². The van der Waals surface area contributed by atoms with Gasteiger partial charge in [-0.15, -0.1) is 0 Å². The number of piperazine rings is 1. The number of nitrogens with zero attached hydrogens (tertiary/aromatic N) is 5. The monoisotopic (exact) mass is 523 g/mol. The normalized spacial score (nSPS) is 13.9. The third-order valence-electron chi connectivity index (χ3n) is 5.58. The van der Waals surface area contributed by atoms with Gasteiger partial charge < -0.3 is 19.9 Å². The van der Waals surface area contributed by atoms with Crippen LogP contribution in [0.1, 0.15) is 18.3 Å². The van der Waals surface area contributed by atoms with Gasteiger partial charge in [-0.05, 0) is 81.5 Å². The number of anilines is 3. The smallest absolute Gasteiger partial charge is 0.229 e. The Labute approximate surface area is 222 Å². The van der Waals surface area contributed by atoms with E-state index < -0.39 is 0 Å². The van der Waals surface area contributed by atoms with E-state index in [1.165, 1.54) is 0 Å². The molecular formula is C26H30ClN7OS. The number of benzene rings is 2. The van der Waals surface area contributed by atoms with Crippen LogP contribution in [-0.4, -0.2) is 58.7 Å². The molecule has 2 N–H and O–H groups in total. The van der Waals surface area contributed by atoms with E-state index in [0.29, 0.717) is 23.6 Å². The molecule has 0 amide bonds. The van der Waals surface area contributed by atoms with E-state index >= 15 is 0 Å². The Morgan fingerprint density at radius 2 is 1.69 bits per heavy atom. The third-order valence-corrected chi connectivity index (χ3v) is 6.01. The van der Waals surface area contributed by atoms with Gasteiger partial charge in [0.15, 0.2) is 0 Å². The minimum atomic E-state index is 0.336. The summed E-state index contributed by atoms with van der Waals surface area (Å²) in [6.07, 6.45) is 0. The summed E-state index contributed by atoms with van der Waals surface area (Å²) in [6, 6.07) is 17.5. The fraction of sp³-hybridized carbons (Fsp3) is 0.308. The number of guanidine groups is 1. The van der Waals surface area contributed by atoms with Gasteiger partial charge in [0.1, 0.15) is 5.75 Å². The number of aryl methyl sites for hydroxylation is 2. The molecule has 2 aromatic carbocycles. The highest BCUT2D eigenvalue weighted by atomic mass is 35.5. The van der Waals surface area contributed by atoms with Crippen molar-refractivity contribution in [2.24, 2.45) is 4.99 Å². The van der Waals surface area contributed by atoms with Crippen molar-refractivity contribution in [3.63, 3.8) is 0 Å². The van der Waals surface area contributed by atoms with Gasteiger partial charge >= 0.3 is 0 Å². The van der Waals surface area contributed by atoms with Crippen molar-refractivity contribution in [2.45, 2.75) is 20.8 Å². The van der Waals surface area contributed by atoms with Crippen molar-refractivity contribution < 1.29 is 4.74 Å². The predicted molar refractivity (Wildman–Crippen MR) is 152 cm³/mol. The van der Waals surface area contributed by atoms with Gasteiger partial charge in [0.25, 0.3) is 0 Å². The van der Waals surface area contributed by atoms with Crippen molar-refractivity contribution in [1.29, 1.82) is 0 Å². The third kappa shape index (κ3) is 7.05. The molecule has 0 saturated carbocycles. The van der Waals surface area contributed by atoms with Crippen LogP contribution in [0.2, 0.25) is 5.02 Å². The molecule has 10 heteroatoms. The summed E-state index contributed by atoms with van der Waals surface area (Å²) in [5.41, 5.74) is 3.70. The van der Waals surface area contributed by atoms with Crippen molar-refractivity contribution >= 4 is 52.2 Å². The fourth-order valence-electron chi connectivity index (χ4n) is 3.96. The first-order valence-corrected chi connectivity index (χ1v) is 12.7. The van der Waals surface area contributed by atoms with Gasteiger partial charge in [-0.25, -0.2) is 9.97 Å². The Bertz CT molecular complexity index is 1210. The first kappa shape index (κ1) is 25.7. The van der Waals surface area contributed by atoms with Crippen LogP contribution in [-0.2, 0) is 0 Å². The molecule has 36 heavy (non-hydrogen) atoms. The standard InChI is InChI=1S/C26H30ClN7OS/c1-4-35-23-10-8-21(9-11-23)30-26(36)32-25(31-24-28-18(2)16-19(3)29-24)34-14-12-33(13-15-34)22-7-5-6-20(27)17-22/h5-11,16-17H,4,12-15H2,1-3H3,(H2,28,29,30,31,32,36). The van der Waals surface area contributed by atoms with Crippen LogP contribution in [0.5, 0.6) is 5.75 Å². The highest BCUT2D eigenvalue weighted by Crippen LogP contribution is 2.21. The number of thiocarbonyl (C=S) groups is 1. The van der Waals surface area contributed by atoms with Crippen LogP contribution in [0.15, 0.2) is 59.6 Å². The van der Waals surface area contributed by atoms with Crippen LogP contribution < -0.4 is 20.3 Å². The molecule has 4 rings (SSSR count). The molecule has 3 aromatic rings. The molecule has 8 nitrogen and oxygen atoms in total. The van der Waals surface area contributed by atoms with Crippen molar-refractivity contribution in [3.05, 3.63) is 71.0 Å². The molecule has 0 radical (unpaired) electrons. The topological polar surface area (TPSA) is 77.9 Å². The number of aliphatic imine (C=N–C) groups is 1. The van der Waals surface area contributed by atoms with Crippen LogP contribution >= 0.6 is 23.8 Å². The van der Waals surface area contributed by atoms with E-state index in [0.717, 1.165) is 59.7 Å². The van der Waals surface area contributed by atoms with E-state index in [9.17, 15) is 0 Å². The second-order valence-electron chi connectivity index (χ2n) is 8.38. The average Bonchev–Trinajstić information content (AvgIpc) is 2.84. The maximum Gasteiger partial charge on any atom is 0.229 e. The molecule has 188 valence electrons. The molecule has 0 atom stereocenters. The van der Waals surface area contributed by atoms with Crippen molar-refractivity contribution in [3.8, 4) is 5.75 Å². The number of ether oxygens (including phenoxy) is 1. The zero-order valence-electron chi connectivity index (χ0n) is 20.7. The van der Waals surface area contributed by atoms with Crippen LogP contribution in [0.25, 0.3) is 0 Å². The number of hydrogen-bond acceptors (Lipinski definition) is 5. The minimum Gasteiger partial charge on any atom is -0.494 e. The van der Waals surface area contributed by atoms with Gasteiger partial charge in [0.05, 0.1) is 6.61 Å². The lowest BCUT2D eigenvalue weighted by molar-refractivity contribution is 0.340. The molecule has 1 saturated heterocycles. The van der Waals surface area contributed by atoms with Crippen molar-refractivity contribution in [1.82, 2.24) is 14.9 Å². The van der Waals surface area contributed by atoms with Gasteiger partial charge in [-0.2, -0.15) is 4.99 Å². The summed E-state index contributed by atoms with van der Waals surface area (Å²) in [4.78, 5) is 18.2. The molecule has 1 aliphatic heterocycles. The molecule has 2 heterocycles. The quantitative estimate of drug-likeness (QED) is 0.271. The molecule has 0 aliphatic carbocycles. The number of hydrogen-bond donors (Lipinski definition) is 2. The van der Waals surface area contributed by atoms with Crippen LogP contribution in [0, 0.1) is 13.8 Å². The number of nitrogens with one attached hydrogen (secondary N) is 2. The summed E-state index contributed by atoms with van der Waals surface area (Å²) in [5.74, 6) is 1.91. The molecular weight excluding hydrogens is 494 g/mol. The summed E-state index contributed by atoms with van der Waals surface area (Å²) >= 11 is 11.8. The summed E-state index contributed by atoms with van der Waals surface area (Å²) in [6.45, 7) is 9.58. The Balaban J connectivity index is 1.51. The van der Waals surface area contributed by atoms with Crippen LogP contribution in [0.4, 0.5) is 17.3 Å². The maximum absolute atomic E-state index is 6.20. The molecule has 0 unspecified atom stereocenters. The first-order valence-electron chi connectivity index (χ1n) is 11.9. The lowest BCUT2D eigenvalue weighted by Gasteiger charge is -2.37. The number of aromatic nitrogens is 2. The second-order valence-corrected chi connectivity index (χ2v) is 9.20. The lowest BCUT2D eigenvalue weighted by atomic mass is 10.2. The molecule has 1 fully saturated rings. The first-order chi connectivity index (χ1) is 17.4. The zero-order chi connectivity index (χ0) is 25.5. The molecule has 1 aromatic heterocycles. The highest BCUT2D eigenvalue weighted by molar-refractivity contribution is 7.80. The summed E-state index contributed by atoms with van der Waals surface area (Å²) < 4.78 is 5.51. The fourth-order valence-corrected chi connectivity index (χ4v) is 4.35. The van der Waals surface area contributed by atoms with Gasteiger partial charge in [-0.1, -0.05) is 17.7 Å². The van der Waals surface area contributed by atoms with E-state index in [1.807, 2.05) is 69.3 Å². The van der Waals surface area contributed by atoms with Crippen LogP contribution in [0.3, 0.4) is 0 Å². The van der Waals surface area contributed by atoms with Gasteiger partial charge in [-0.3, -0.25) is 5.32 Å². The van der Waals surface area contributed by atoms with Crippen molar-refractivity contribution in [2.75, 3.05) is 48.3 Å².